The monoisotopic (exact) mass is 367 g/mol. The van der Waals surface area contributed by atoms with Gasteiger partial charge in [-0.3, -0.25) is 9.59 Å². The Morgan fingerprint density at radius 1 is 1.19 bits per heavy atom. The van der Waals surface area contributed by atoms with Crippen LogP contribution in [0.4, 0.5) is 0 Å². The molecule has 3 rings (SSSR count). The molecule has 1 aromatic carbocycles. The Bertz CT molecular complexity index is 784. The number of hydrogen-bond acceptors (Lipinski definition) is 2. The highest BCUT2D eigenvalue weighted by Gasteiger charge is 2.39. The van der Waals surface area contributed by atoms with Crippen LogP contribution in [-0.4, -0.2) is 34.4 Å². The molecule has 1 aliphatic rings. The van der Waals surface area contributed by atoms with Crippen molar-refractivity contribution in [3.63, 3.8) is 0 Å². The SMILES string of the molecule is CCCn1ccc(CNC(=O)[C@]2(C)CCCN(C(=O)c3ccccc3)C2)c1. The third-order valence-electron chi connectivity index (χ3n) is 5.30. The number of nitrogens with one attached hydrogen (secondary N) is 1. The number of likely N-dealkylation sites (tertiary alicyclic amines) is 1. The van der Waals surface area contributed by atoms with E-state index in [1.165, 1.54) is 0 Å². The zero-order chi connectivity index (χ0) is 19.3. The molecule has 2 heterocycles. The maximum atomic E-state index is 12.9. The van der Waals surface area contributed by atoms with Gasteiger partial charge in [0, 0.05) is 44.1 Å². The van der Waals surface area contributed by atoms with E-state index >= 15 is 0 Å². The Labute approximate surface area is 161 Å². The second-order valence-electron chi connectivity index (χ2n) is 7.70. The third kappa shape index (κ3) is 4.59. The molecule has 0 unspecified atom stereocenters. The van der Waals surface area contributed by atoms with Gasteiger partial charge in [0.05, 0.1) is 5.41 Å². The molecular weight excluding hydrogens is 338 g/mol. The van der Waals surface area contributed by atoms with Crippen molar-refractivity contribution in [3.05, 3.63) is 59.9 Å². The van der Waals surface area contributed by atoms with Crippen molar-refractivity contribution in [2.24, 2.45) is 5.41 Å². The first-order valence-electron chi connectivity index (χ1n) is 9.79. The number of nitrogens with zero attached hydrogens (tertiary/aromatic N) is 2. The lowest BCUT2D eigenvalue weighted by Crippen LogP contribution is -2.51. The highest BCUT2D eigenvalue weighted by atomic mass is 16.2. The Balaban J connectivity index is 1.60. The molecule has 0 aliphatic carbocycles. The molecular formula is C22H29N3O2. The molecule has 5 heteroatoms. The third-order valence-corrected chi connectivity index (χ3v) is 5.30. The zero-order valence-corrected chi connectivity index (χ0v) is 16.3. The van der Waals surface area contributed by atoms with Crippen LogP contribution in [0.25, 0.3) is 0 Å². The van der Waals surface area contributed by atoms with Crippen LogP contribution in [0, 0.1) is 5.41 Å². The van der Waals surface area contributed by atoms with Gasteiger partial charge in [0.25, 0.3) is 5.91 Å². The summed E-state index contributed by atoms with van der Waals surface area (Å²) in [7, 11) is 0. The van der Waals surface area contributed by atoms with E-state index in [2.05, 4.69) is 23.0 Å². The average molecular weight is 367 g/mol. The number of aromatic nitrogens is 1. The second kappa shape index (κ2) is 8.42. The van der Waals surface area contributed by atoms with Crippen molar-refractivity contribution in [1.29, 1.82) is 0 Å². The predicted octanol–water partition coefficient (Wildman–Crippen LogP) is 3.46. The van der Waals surface area contributed by atoms with E-state index in [0.29, 0.717) is 25.2 Å². The number of carbonyl (C=O) groups is 2. The molecule has 27 heavy (non-hydrogen) atoms. The van der Waals surface area contributed by atoms with Crippen molar-refractivity contribution in [2.45, 2.75) is 46.2 Å². The summed E-state index contributed by atoms with van der Waals surface area (Å²) in [5, 5.41) is 3.07. The van der Waals surface area contributed by atoms with Gasteiger partial charge in [0.1, 0.15) is 0 Å². The summed E-state index contributed by atoms with van der Waals surface area (Å²) in [5.74, 6) is 0.0299. The first kappa shape index (κ1) is 19.2. The van der Waals surface area contributed by atoms with E-state index < -0.39 is 5.41 Å². The van der Waals surface area contributed by atoms with Crippen molar-refractivity contribution >= 4 is 11.8 Å². The lowest BCUT2D eigenvalue weighted by Gasteiger charge is -2.39. The minimum atomic E-state index is -0.547. The van der Waals surface area contributed by atoms with Crippen LogP contribution in [0.1, 0.15) is 49.0 Å². The van der Waals surface area contributed by atoms with Gasteiger partial charge in [-0.25, -0.2) is 0 Å². The summed E-state index contributed by atoms with van der Waals surface area (Å²) in [6.07, 6.45) is 6.86. The molecule has 1 N–H and O–H groups in total. The Morgan fingerprint density at radius 3 is 2.70 bits per heavy atom. The molecule has 2 aromatic rings. The van der Waals surface area contributed by atoms with E-state index in [9.17, 15) is 9.59 Å². The van der Waals surface area contributed by atoms with Crippen LogP contribution >= 0.6 is 0 Å². The quantitative estimate of drug-likeness (QED) is 0.850. The van der Waals surface area contributed by atoms with E-state index in [4.69, 9.17) is 0 Å². The molecule has 1 fully saturated rings. The largest absolute Gasteiger partial charge is 0.354 e. The molecule has 144 valence electrons. The molecule has 5 nitrogen and oxygen atoms in total. The molecule has 0 spiro atoms. The Morgan fingerprint density at radius 2 is 1.96 bits per heavy atom. The highest BCUT2D eigenvalue weighted by Crippen LogP contribution is 2.30. The second-order valence-corrected chi connectivity index (χ2v) is 7.70. The van der Waals surface area contributed by atoms with Crippen molar-refractivity contribution in [2.75, 3.05) is 13.1 Å². The molecule has 1 aliphatic heterocycles. The van der Waals surface area contributed by atoms with Crippen LogP contribution in [0.15, 0.2) is 48.8 Å². The molecule has 0 bridgehead atoms. The maximum absolute atomic E-state index is 12.9. The summed E-state index contributed by atoms with van der Waals surface area (Å²) in [6.45, 7) is 6.79. The predicted molar refractivity (Wildman–Crippen MR) is 106 cm³/mol. The minimum absolute atomic E-state index is 0.00553. The van der Waals surface area contributed by atoms with Crippen molar-refractivity contribution in [1.82, 2.24) is 14.8 Å². The molecule has 0 radical (unpaired) electrons. The number of hydrogen-bond donors (Lipinski definition) is 1. The topological polar surface area (TPSA) is 54.3 Å². The van der Waals surface area contributed by atoms with Gasteiger partial charge in [-0.2, -0.15) is 0 Å². The Kier molecular flexibility index (Phi) is 5.99. The highest BCUT2D eigenvalue weighted by molar-refractivity contribution is 5.95. The maximum Gasteiger partial charge on any atom is 0.253 e. The number of amides is 2. The number of rotatable bonds is 6. The van der Waals surface area contributed by atoms with Gasteiger partial charge in [0.15, 0.2) is 0 Å². The lowest BCUT2D eigenvalue weighted by molar-refractivity contribution is -0.132. The fourth-order valence-corrected chi connectivity index (χ4v) is 3.75. The van der Waals surface area contributed by atoms with Crippen LogP contribution in [0.3, 0.4) is 0 Å². The van der Waals surface area contributed by atoms with Gasteiger partial charge >= 0.3 is 0 Å². The van der Waals surface area contributed by atoms with Gasteiger partial charge in [-0.1, -0.05) is 25.1 Å². The van der Waals surface area contributed by atoms with Crippen LogP contribution in [0.5, 0.6) is 0 Å². The number of aryl methyl sites for hydroxylation is 1. The summed E-state index contributed by atoms with van der Waals surface area (Å²) in [4.78, 5) is 27.4. The van der Waals surface area contributed by atoms with E-state index in [1.807, 2.05) is 54.4 Å². The van der Waals surface area contributed by atoms with E-state index in [1.54, 1.807) is 0 Å². The number of benzene rings is 1. The minimum Gasteiger partial charge on any atom is -0.354 e. The first-order valence-corrected chi connectivity index (χ1v) is 9.79. The van der Waals surface area contributed by atoms with Gasteiger partial charge in [-0.15, -0.1) is 0 Å². The smallest absolute Gasteiger partial charge is 0.253 e. The van der Waals surface area contributed by atoms with Gasteiger partial charge < -0.3 is 14.8 Å². The Hall–Kier alpha value is -2.56. The summed E-state index contributed by atoms with van der Waals surface area (Å²) in [5.41, 5.74) is 1.24. The fourth-order valence-electron chi connectivity index (χ4n) is 3.75. The van der Waals surface area contributed by atoms with Gasteiger partial charge in [0.2, 0.25) is 5.91 Å². The average Bonchev–Trinajstić information content (AvgIpc) is 3.14. The molecule has 2 amide bonds. The molecule has 0 saturated carbocycles. The lowest BCUT2D eigenvalue weighted by atomic mass is 9.80. The van der Waals surface area contributed by atoms with Crippen molar-refractivity contribution < 1.29 is 9.59 Å². The van der Waals surface area contributed by atoms with Gasteiger partial charge in [-0.05, 0) is 49.9 Å². The zero-order valence-electron chi connectivity index (χ0n) is 16.3. The van der Waals surface area contributed by atoms with Crippen LogP contribution in [0.2, 0.25) is 0 Å². The van der Waals surface area contributed by atoms with Crippen LogP contribution < -0.4 is 5.32 Å². The fraction of sp³-hybridized carbons (Fsp3) is 0.455. The normalized spacial score (nSPS) is 19.7. The summed E-state index contributed by atoms with van der Waals surface area (Å²) < 4.78 is 2.14. The molecule has 1 aromatic heterocycles. The summed E-state index contributed by atoms with van der Waals surface area (Å²) >= 11 is 0. The standard InChI is InChI=1S/C22H29N3O2/c1-3-12-24-14-10-18(16-24)15-23-21(27)22(2)11-7-13-25(17-22)20(26)19-8-5-4-6-9-19/h4-6,8-10,14,16H,3,7,11-13,15,17H2,1-2H3,(H,23,27)/t22-/m1/s1. The molecule has 1 atom stereocenters. The van der Waals surface area contributed by atoms with Crippen molar-refractivity contribution in [3.8, 4) is 0 Å². The molecule has 1 saturated heterocycles. The number of carbonyl (C=O) groups excluding carboxylic acids is 2. The van der Waals surface area contributed by atoms with Crippen LogP contribution in [-0.2, 0) is 17.9 Å². The van der Waals surface area contributed by atoms with E-state index in [-0.39, 0.29) is 11.8 Å². The van der Waals surface area contributed by atoms with E-state index in [0.717, 1.165) is 31.4 Å². The summed E-state index contributed by atoms with van der Waals surface area (Å²) in [6, 6.07) is 11.3. The number of piperidine rings is 1. The first-order chi connectivity index (χ1) is 13.0.